The van der Waals surface area contributed by atoms with Gasteiger partial charge in [-0.25, -0.2) is 0 Å². The molecule has 2 rings (SSSR count). The highest BCUT2D eigenvalue weighted by molar-refractivity contribution is 5.87. The largest absolute Gasteiger partial charge is 0.368 e. The molecule has 0 bridgehead atoms. The third-order valence-corrected chi connectivity index (χ3v) is 4.36. The Morgan fingerprint density at radius 2 is 1.90 bits per heavy atom. The number of nitrogens with zero attached hydrogens (tertiary/aromatic N) is 2. The maximum atomic E-state index is 11.9. The van der Waals surface area contributed by atoms with E-state index in [1.165, 1.54) is 0 Å². The molecule has 0 aromatic carbocycles. The van der Waals surface area contributed by atoms with Crippen molar-refractivity contribution < 1.29 is 9.59 Å². The van der Waals surface area contributed by atoms with Crippen molar-refractivity contribution in [3.05, 3.63) is 12.2 Å². The van der Waals surface area contributed by atoms with Crippen molar-refractivity contribution >= 4 is 11.8 Å². The van der Waals surface area contributed by atoms with Crippen LogP contribution >= 0.6 is 0 Å². The minimum absolute atomic E-state index is 0.0951. The van der Waals surface area contributed by atoms with Gasteiger partial charge in [-0.3, -0.25) is 14.5 Å². The van der Waals surface area contributed by atoms with E-state index >= 15 is 0 Å². The second kappa shape index (κ2) is 6.88. The van der Waals surface area contributed by atoms with Crippen molar-refractivity contribution in [1.82, 2.24) is 9.80 Å². The van der Waals surface area contributed by atoms with Crippen molar-refractivity contribution in [3.8, 4) is 0 Å². The number of rotatable bonds is 4. The van der Waals surface area contributed by atoms with Gasteiger partial charge in [0.1, 0.15) is 0 Å². The Balaban J connectivity index is 1.86. The molecule has 2 amide bonds. The minimum atomic E-state index is -0.202. The van der Waals surface area contributed by atoms with Crippen LogP contribution in [0.4, 0.5) is 0 Å². The number of piperidine rings is 1. The number of nitrogens with two attached hydrogens (primary N) is 1. The summed E-state index contributed by atoms with van der Waals surface area (Å²) in [5.74, 6) is -0.0925. The van der Waals surface area contributed by atoms with Gasteiger partial charge < -0.3 is 10.6 Å². The van der Waals surface area contributed by atoms with Crippen LogP contribution in [-0.2, 0) is 9.59 Å². The van der Waals surface area contributed by atoms with Crippen molar-refractivity contribution in [2.24, 2.45) is 5.73 Å². The van der Waals surface area contributed by atoms with E-state index in [2.05, 4.69) is 4.90 Å². The number of amides is 2. The lowest BCUT2D eigenvalue weighted by Crippen LogP contribution is -2.51. The van der Waals surface area contributed by atoms with Gasteiger partial charge in [-0.2, -0.15) is 0 Å². The van der Waals surface area contributed by atoms with Crippen molar-refractivity contribution in [1.29, 1.82) is 0 Å². The molecule has 20 heavy (non-hydrogen) atoms. The van der Waals surface area contributed by atoms with E-state index in [4.69, 9.17) is 5.73 Å². The fourth-order valence-corrected chi connectivity index (χ4v) is 3.27. The van der Waals surface area contributed by atoms with Crippen LogP contribution in [0.2, 0.25) is 0 Å². The van der Waals surface area contributed by atoms with Crippen LogP contribution in [0.3, 0.4) is 0 Å². The zero-order chi connectivity index (χ0) is 14.5. The Morgan fingerprint density at radius 1 is 1.20 bits per heavy atom. The molecule has 1 atom stereocenters. The molecule has 2 N–H and O–H groups in total. The molecule has 0 spiro atoms. The highest BCUT2D eigenvalue weighted by Gasteiger charge is 2.35. The summed E-state index contributed by atoms with van der Waals surface area (Å²) in [4.78, 5) is 27.5. The lowest BCUT2D eigenvalue weighted by molar-refractivity contribution is -0.129. The number of hydrogen-bond acceptors (Lipinski definition) is 3. The van der Waals surface area contributed by atoms with Crippen LogP contribution in [0.5, 0.6) is 0 Å². The number of hydrogen-bond donors (Lipinski definition) is 1. The first kappa shape index (κ1) is 15.0. The summed E-state index contributed by atoms with van der Waals surface area (Å²) in [5, 5.41) is 0. The van der Waals surface area contributed by atoms with Gasteiger partial charge in [0.25, 0.3) is 0 Å². The highest BCUT2D eigenvalue weighted by Crippen LogP contribution is 2.25. The van der Waals surface area contributed by atoms with Crippen LogP contribution in [0.15, 0.2) is 12.2 Å². The molecule has 2 saturated heterocycles. The summed E-state index contributed by atoms with van der Waals surface area (Å²) in [6.07, 6.45) is 8.27. The predicted octanol–water partition coefficient (Wildman–Crippen LogP) is 0.893. The van der Waals surface area contributed by atoms with E-state index in [9.17, 15) is 9.59 Å². The van der Waals surface area contributed by atoms with Gasteiger partial charge in [-0.15, -0.1) is 0 Å². The van der Waals surface area contributed by atoms with Gasteiger partial charge in [-0.05, 0) is 44.7 Å². The maximum absolute atomic E-state index is 11.9. The molecule has 0 aliphatic carbocycles. The van der Waals surface area contributed by atoms with Crippen LogP contribution in [0.1, 0.15) is 39.0 Å². The first-order chi connectivity index (χ1) is 9.63. The van der Waals surface area contributed by atoms with Crippen LogP contribution in [0.25, 0.3) is 0 Å². The van der Waals surface area contributed by atoms with E-state index in [1.54, 1.807) is 6.08 Å². The predicted molar refractivity (Wildman–Crippen MR) is 78.0 cm³/mol. The Kier molecular flexibility index (Phi) is 5.17. The molecule has 2 fully saturated rings. The van der Waals surface area contributed by atoms with E-state index in [0.29, 0.717) is 6.04 Å². The Labute approximate surface area is 120 Å². The molecule has 112 valence electrons. The smallest absolute Gasteiger partial charge is 0.246 e. The molecule has 2 aliphatic rings. The average molecular weight is 279 g/mol. The molecule has 2 heterocycles. The zero-order valence-corrected chi connectivity index (χ0v) is 12.3. The lowest BCUT2D eigenvalue weighted by Gasteiger charge is -2.38. The average Bonchev–Trinajstić information content (AvgIpc) is 2.94. The normalized spacial score (nSPS) is 25.4. The summed E-state index contributed by atoms with van der Waals surface area (Å²) in [6, 6.07) is 0.302. The van der Waals surface area contributed by atoms with Gasteiger partial charge >= 0.3 is 0 Å². The van der Waals surface area contributed by atoms with Crippen molar-refractivity contribution in [3.63, 3.8) is 0 Å². The Morgan fingerprint density at radius 3 is 2.50 bits per heavy atom. The van der Waals surface area contributed by atoms with Gasteiger partial charge in [0.05, 0.1) is 6.04 Å². The van der Waals surface area contributed by atoms with E-state index < -0.39 is 0 Å². The molecule has 0 radical (unpaired) electrons. The molecular weight excluding hydrogens is 254 g/mol. The van der Waals surface area contributed by atoms with Gasteiger partial charge in [0.2, 0.25) is 11.8 Å². The second-order valence-electron chi connectivity index (χ2n) is 5.67. The summed E-state index contributed by atoms with van der Waals surface area (Å²) in [7, 11) is 0. The zero-order valence-electron chi connectivity index (χ0n) is 12.3. The van der Waals surface area contributed by atoms with E-state index in [0.717, 1.165) is 51.7 Å². The molecule has 0 aromatic rings. The topological polar surface area (TPSA) is 66.6 Å². The third-order valence-electron chi connectivity index (χ3n) is 4.36. The number of allylic oxidation sites excluding steroid dienone is 1. The second-order valence-corrected chi connectivity index (χ2v) is 5.67. The Hall–Kier alpha value is -1.36. The molecule has 1 unspecified atom stereocenters. The van der Waals surface area contributed by atoms with Crippen molar-refractivity contribution in [2.45, 2.75) is 51.1 Å². The lowest BCUT2D eigenvalue weighted by atomic mass is 10.0. The van der Waals surface area contributed by atoms with Crippen LogP contribution < -0.4 is 5.73 Å². The van der Waals surface area contributed by atoms with Crippen LogP contribution in [0, 0.1) is 0 Å². The monoisotopic (exact) mass is 279 g/mol. The summed E-state index contributed by atoms with van der Waals surface area (Å²) in [6.45, 7) is 4.54. The molecule has 5 heteroatoms. The summed E-state index contributed by atoms with van der Waals surface area (Å²) >= 11 is 0. The fourth-order valence-electron chi connectivity index (χ4n) is 3.27. The Bertz CT molecular complexity index is 387. The van der Waals surface area contributed by atoms with Crippen molar-refractivity contribution in [2.75, 3.05) is 19.6 Å². The highest BCUT2D eigenvalue weighted by atomic mass is 16.2. The fraction of sp³-hybridized carbons (Fsp3) is 0.733. The maximum Gasteiger partial charge on any atom is 0.246 e. The van der Waals surface area contributed by atoms with E-state index in [1.807, 2.05) is 17.9 Å². The van der Waals surface area contributed by atoms with Gasteiger partial charge in [0.15, 0.2) is 0 Å². The molecule has 5 nitrogen and oxygen atoms in total. The van der Waals surface area contributed by atoms with Crippen LogP contribution in [-0.4, -0.2) is 53.3 Å². The first-order valence-corrected chi connectivity index (χ1v) is 7.64. The van der Waals surface area contributed by atoms with Gasteiger partial charge in [0, 0.05) is 19.1 Å². The van der Waals surface area contributed by atoms with E-state index in [-0.39, 0.29) is 17.9 Å². The standard InChI is InChI=1S/C15H25N3O2/c1-2-3-6-14(19)17-10-7-12(8-11-17)18-9-4-5-13(18)15(16)20/h3,6,12-13H,2,4-5,7-11H2,1H3,(H2,16,20). The molecule has 0 aromatic heterocycles. The quantitative estimate of drug-likeness (QED) is 0.777. The number of primary amides is 1. The number of carbonyl (C=O) groups is 2. The number of carbonyl (C=O) groups excluding carboxylic acids is 2. The first-order valence-electron chi connectivity index (χ1n) is 7.64. The molecular formula is C15H25N3O2. The summed E-state index contributed by atoms with van der Waals surface area (Å²) in [5.41, 5.74) is 5.47. The molecule has 0 saturated carbocycles. The summed E-state index contributed by atoms with van der Waals surface area (Å²) < 4.78 is 0. The SMILES string of the molecule is CCC=CC(=O)N1CCC(N2CCCC2C(N)=O)CC1. The molecule has 2 aliphatic heterocycles. The third kappa shape index (κ3) is 3.39. The number of likely N-dealkylation sites (tertiary alicyclic amines) is 2. The van der Waals surface area contributed by atoms with Gasteiger partial charge in [-0.1, -0.05) is 13.0 Å². The minimum Gasteiger partial charge on any atom is -0.368 e.